The number of nitro groups is 1. The van der Waals surface area contributed by atoms with Gasteiger partial charge in [0.05, 0.1) is 16.7 Å². The smallest absolute Gasteiger partial charge is 0.296 e. The van der Waals surface area contributed by atoms with Crippen LogP contribution in [0.1, 0.15) is 13.3 Å². The molecule has 2 N–H and O–H groups in total. The zero-order valence-electron chi connectivity index (χ0n) is 10.9. The minimum Gasteiger partial charge on any atom is -0.481 e. The van der Waals surface area contributed by atoms with Crippen molar-refractivity contribution in [3.8, 4) is 17.6 Å². The van der Waals surface area contributed by atoms with E-state index in [9.17, 15) is 14.9 Å². The Morgan fingerprint density at radius 3 is 3.05 bits per heavy atom. The lowest BCUT2D eigenvalue weighted by atomic mass is 10.2. The number of anilines is 2. The maximum absolute atomic E-state index is 11.2. The molecule has 1 aliphatic heterocycles. The molecule has 7 heteroatoms. The molecule has 104 valence electrons. The molecule has 0 radical (unpaired) electrons. The molecule has 1 amide bonds. The average Bonchev–Trinajstić information content (AvgIpc) is 2.42. The third-order valence-electron chi connectivity index (χ3n) is 2.67. The highest BCUT2D eigenvalue weighted by Crippen LogP contribution is 2.37. The van der Waals surface area contributed by atoms with Crippen LogP contribution in [0, 0.1) is 22.0 Å². The molecule has 7 nitrogen and oxygen atoms in total. The van der Waals surface area contributed by atoms with E-state index in [1.54, 1.807) is 6.92 Å². The predicted octanol–water partition coefficient (Wildman–Crippen LogP) is 1.75. The first-order valence-electron chi connectivity index (χ1n) is 6.00. The highest BCUT2D eigenvalue weighted by molar-refractivity contribution is 5.96. The van der Waals surface area contributed by atoms with Gasteiger partial charge in [-0.1, -0.05) is 0 Å². The molecule has 1 aromatic rings. The zero-order chi connectivity index (χ0) is 14.5. The number of hydrogen-bond donors (Lipinski definition) is 2. The number of hydrogen-bond acceptors (Lipinski definition) is 5. The van der Waals surface area contributed by atoms with Crippen LogP contribution in [0.3, 0.4) is 0 Å². The number of nitro benzene ring substituents is 1. The van der Waals surface area contributed by atoms with Gasteiger partial charge in [-0.2, -0.15) is 0 Å². The van der Waals surface area contributed by atoms with E-state index < -0.39 is 4.92 Å². The summed E-state index contributed by atoms with van der Waals surface area (Å²) in [7, 11) is 0. The van der Waals surface area contributed by atoms with Gasteiger partial charge in [-0.3, -0.25) is 14.9 Å². The van der Waals surface area contributed by atoms with Crippen molar-refractivity contribution in [1.29, 1.82) is 0 Å². The fraction of sp³-hybridized carbons (Fsp3) is 0.308. The molecular weight excluding hydrogens is 262 g/mol. The molecule has 0 unspecified atom stereocenters. The summed E-state index contributed by atoms with van der Waals surface area (Å²) in [5.74, 6) is 5.62. The SMILES string of the molecule is CC#CCCNc1cc2c(cc1[N+](=O)[O-])OCC(=O)N2. The summed E-state index contributed by atoms with van der Waals surface area (Å²) >= 11 is 0. The van der Waals surface area contributed by atoms with Crippen LogP contribution in [0.15, 0.2) is 12.1 Å². The first-order valence-corrected chi connectivity index (χ1v) is 6.00. The van der Waals surface area contributed by atoms with Crippen LogP contribution in [-0.4, -0.2) is 24.0 Å². The minimum atomic E-state index is -0.492. The van der Waals surface area contributed by atoms with E-state index in [2.05, 4.69) is 22.5 Å². The van der Waals surface area contributed by atoms with E-state index in [4.69, 9.17) is 4.74 Å². The summed E-state index contributed by atoms with van der Waals surface area (Å²) in [6, 6.07) is 2.81. The lowest BCUT2D eigenvalue weighted by Crippen LogP contribution is -2.25. The highest BCUT2D eigenvalue weighted by Gasteiger charge is 2.23. The van der Waals surface area contributed by atoms with Crippen LogP contribution in [0.25, 0.3) is 0 Å². The number of nitrogens with zero attached hydrogens (tertiary/aromatic N) is 1. The second-order valence-electron chi connectivity index (χ2n) is 4.06. The summed E-state index contributed by atoms with van der Waals surface area (Å²) in [6.07, 6.45) is 0.577. The number of amides is 1. The molecule has 0 atom stereocenters. The molecule has 20 heavy (non-hydrogen) atoms. The van der Waals surface area contributed by atoms with Gasteiger partial charge in [0.2, 0.25) is 0 Å². The average molecular weight is 275 g/mol. The van der Waals surface area contributed by atoms with E-state index >= 15 is 0 Å². The normalized spacial score (nSPS) is 12.3. The number of carbonyl (C=O) groups excluding carboxylic acids is 1. The number of benzene rings is 1. The molecule has 0 bridgehead atoms. The number of rotatable bonds is 4. The van der Waals surface area contributed by atoms with E-state index in [1.165, 1.54) is 12.1 Å². The Bertz CT molecular complexity index is 616. The quantitative estimate of drug-likeness (QED) is 0.378. The first kappa shape index (κ1) is 13.7. The standard InChI is InChI=1S/C13H13N3O4/c1-2-3-4-5-14-9-6-10-12(7-11(9)16(18)19)20-8-13(17)15-10/h6-7,14H,4-5,8H2,1H3,(H,15,17). The van der Waals surface area contributed by atoms with Crippen molar-refractivity contribution < 1.29 is 14.5 Å². The van der Waals surface area contributed by atoms with E-state index in [0.717, 1.165) is 0 Å². The maximum Gasteiger partial charge on any atom is 0.296 e. The molecule has 1 aromatic carbocycles. The van der Waals surface area contributed by atoms with E-state index in [1.807, 2.05) is 0 Å². The summed E-state index contributed by atoms with van der Waals surface area (Å²) < 4.78 is 5.16. The topological polar surface area (TPSA) is 93.5 Å². The summed E-state index contributed by atoms with van der Waals surface area (Å²) in [5.41, 5.74) is 0.665. The van der Waals surface area contributed by atoms with Gasteiger partial charge in [0.25, 0.3) is 11.6 Å². The Labute approximate surface area is 115 Å². The number of fused-ring (bicyclic) bond motifs is 1. The van der Waals surface area contributed by atoms with Gasteiger partial charge in [0, 0.05) is 13.0 Å². The van der Waals surface area contributed by atoms with Crippen molar-refractivity contribution in [3.05, 3.63) is 22.2 Å². The summed E-state index contributed by atoms with van der Waals surface area (Å²) in [4.78, 5) is 21.8. The van der Waals surface area contributed by atoms with Gasteiger partial charge in [-0.15, -0.1) is 11.8 Å². The van der Waals surface area contributed by atoms with Crippen LogP contribution in [0.4, 0.5) is 17.1 Å². The van der Waals surface area contributed by atoms with Crippen LogP contribution in [0.2, 0.25) is 0 Å². The van der Waals surface area contributed by atoms with Gasteiger partial charge >= 0.3 is 0 Å². The zero-order valence-corrected chi connectivity index (χ0v) is 10.9. The Balaban J connectivity index is 2.27. The van der Waals surface area contributed by atoms with Gasteiger partial charge in [-0.25, -0.2) is 0 Å². The molecule has 0 saturated heterocycles. The third kappa shape index (κ3) is 2.98. The molecule has 2 rings (SSSR count). The molecule has 0 aliphatic carbocycles. The Morgan fingerprint density at radius 1 is 1.55 bits per heavy atom. The van der Waals surface area contributed by atoms with Crippen LogP contribution in [-0.2, 0) is 4.79 Å². The number of ether oxygens (including phenoxy) is 1. The number of carbonyl (C=O) groups is 1. The maximum atomic E-state index is 11.2. The second kappa shape index (κ2) is 5.93. The first-order chi connectivity index (χ1) is 9.61. The van der Waals surface area contributed by atoms with Crippen molar-refractivity contribution >= 4 is 23.0 Å². The fourth-order valence-electron chi connectivity index (χ4n) is 1.79. The predicted molar refractivity (Wildman–Crippen MR) is 73.8 cm³/mol. The molecule has 0 spiro atoms. The third-order valence-corrected chi connectivity index (χ3v) is 2.67. The Hall–Kier alpha value is -2.75. The number of nitrogens with one attached hydrogen (secondary N) is 2. The molecule has 1 aliphatic rings. The Kier molecular flexibility index (Phi) is 4.05. The Morgan fingerprint density at radius 2 is 2.35 bits per heavy atom. The fourth-order valence-corrected chi connectivity index (χ4v) is 1.79. The second-order valence-corrected chi connectivity index (χ2v) is 4.06. The molecule has 1 heterocycles. The molecular formula is C13H13N3O4. The van der Waals surface area contributed by atoms with Crippen LogP contribution < -0.4 is 15.4 Å². The summed E-state index contributed by atoms with van der Waals surface area (Å²) in [5, 5.41) is 16.6. The van der Waals surface area contributed by atoms with Gasteiger partial charge in [-0.05, 0) is 13.0 Å². The van der Waals surface area contributed by atoms with Gasteiger partial charge in [0.15, 0.2) is 12.4 Å². The van der Waals surface area contributed by atoms with Gasteiger partial charge < -0.3 is 15.4 Å². The van der Waals surface area contributed by atoms with Crippen molar-refractivity contribution in [2.45, 2.75) is 13.3 Å². The highest BCUT2D eigenvalue weighted by atomic mass is 16.6. The lowest BCUT2D eigenvalue weighted by Gasteiger charge is -2.18. The van der Waals surface area contributed by atoms with E-state index in [-0.39, 0.29) is 18.2 Å². The van der Waals surface area contributed by atoms with Crippen molar-refractivity contribution in [1.82, 2.24) is 0 Å². The lowest BCUT2D eigenvalue weighted by molar-refractivity contribution is -0.384. The van der Waals surface area contributed by atoms with Crippen LogP contribution in [0.5, 0.6) is 5.75 Å². The van der Waals surface area contributed by atoms with Crippen molar-refractivity contribution in [2.75, 3.05) is 23.8 Å². The molecule has 0 saturated carbocycles. The monoisotopic (exact) mass is 275 g/mol. The van der Waals surface area contributed by atoms with Crippen molar-refractivity contribution in [2.24, 2.45) is 0 Å². The summed E-state index contributed by atoms with van der Waals surface area (Å²) in [6.45, 7) is 2.08. The molecule has 0 aromatic heterocycles. The largest absolute Gasteiger partial charge is 0.481 e. The van der Waals surface area contributed by atoms with Crippen molar-refractivity contribution in [3.63, 3.8) is 0 Å². The van der Waals surface area contributed by atoms with Gasteiger partial charge in [0.1, 0.15) is 5.69 Å². The van der Waals surface area contributed by atoms with E-state index in [0.29, 0.717) is 30.1 Å². The minimum absolute atomic E-state index is 0.0932. The van der Waals surface area contributed by atoms with Crippen LogP contribution >= 0.6 is 0 Å². The molecule has 0 fully saturated rings.